The zero-order valence-corrected chi connectivity index (χ0v) is 13.0. The molecule has 5 heteroatoms. The summed E-state index contributed by atoms with van der Waals surface area (Å²) in [6.07, 6.45) is 0.602. The molecular weight excluding hydrogens is 276 g/mol. The first-order valence-electron chi connectivity index (χ1n) is 7.43. The number of nitrogens with one attached hydrogen (secondary N) is 1. The Morgan fingerprint density at radius 2 is 1.81 bits per heavy atom. The molecule has 0 aromatic heterocycles. The minimum Gasteiger partial charge on any atom is -0.488 e. The van der Waals surface area contributed by atoms with Crippen molar-refractivity contribution in [2.24, 2.45) is 5.92 Å². The fraction of sp³-hybridized carbons (Fsp3) is 0.625. The Balaban J connectivity index is 2.50. The van der Waals surface area contributed by atoms with E-state index in [-0.39, 0.29) is 12.4 Å². The number of ether oxygens (including phenoxy) is 2. The summed E-state index contributed by atoms with van der Waals surface area (Å²) < 4.78 is 38.0. The third kappa shape index (κ3) is 6.87. The second kappa shape index (κ2) is 9.68. The molecule has 1 aromatic carbocycles. The van der Waals surface area contributed by atoms with Crippen LogP contribution in [0, 0.1) is 17.6 Å². The smallest absolute Gasteiger partial charge is 0.190 e. The number of hydrogen-bond acceptors (Lipinski definition) is 3. The molecule has 0 amide bonds. The summed E-state index contributed by atoms with van der Waals surface area (Å²) in [6, 6.07) is 2.63. The van der Waals surface area contributed by atoms with Gasteiger partial charge in [0.2, 0.25) is 0 Å². The van der Waals surface area contributed by atoms with E-state index < -0.39 is 11.6 Å². The molecular formula is C16H25F2NO2. The summed E-state index contributed by atoms with van der Waals surface area (Å²) in [5.41, 5.74) is 0.576. The van der Waals surface area contributed by atoms with E-state index in [1.807, 2.05) is 6.92 Å². The SMILES string of the molecule is CCOCCCOc1c(F)cc(CNCC(C)C)cc1F. The van der Waals surface area contributed by atoms with Crippen LogP contribution < -0.4 is 10.1 Å². The number of rotatable bonds is 10. The van der Waals surface area contributed by atoms with Crippen LogP contribution in [0.1, 0.15) is 32.8 Å². The highest BCUT2D eigenvalue weighted by atomic mass is 19.1. The maximum absolute atomic E-state index is 13.8. The molecule has 120 valence electrons. The molecule has 1 N–H and O–H groups in total. The molecule has 0 spiro atoms. The van der Waals surface area contributed by atoms with Crippen LogP contribution in [0.5, 0.6) is 5.75 Å². The highest BCUT2D eigenvalue weighted by Crippen LogP contribution is 2.23. The van der Waals surface area contributed by atoms with Crippen LogP contribution in [0.15, 0.2) is 12.1 Å². The monoisotopic (exact) mass is 301 g/mol. The van der Waals surface area contributed by atoms with Crippen LogP contribution in [0.25, 0.3) is 0 Å². The van der Waals surface area contributed by atoms with Crippen LogP contribution in [0.4, 0.5) is 8.78 Å². The van der Waals surface area contributed by atoms with Crippen molar-refractivity contribution in [1.29, 1.82) is 0 Å². The molecule has 0 atom stereocenters. The minimum absolute atomic E-state index is 0.235. The van der Waals surface area contributed by atoms with Gasteiger partial charge in [-0.15, -0.1) is 0 Å². The van der Waals surface area contributed by atoms with Crippen molar-refractivity contribution in [3.05, 3.63) is 29.3 Å². The van der Waals surface area contributed by atoms with E-state index in [1.165, 1.54) is 12.1 Å². The number of benzene rings is 1. The summed E-state index contributed by atoms with van der Waals surface area (Å²) in [5, 5.41) is 3.15. The minimum atomic E-state index is -0.659. The fourth-order valence-electron chi connectivity index (χ4n) is 1.84. The zero-order chi connectivity index (χ0) is 15.7. The highest BCUT2D eigenvalue weighted by molar-refractivity contribution is 5.31. The number of hydrogen-bond donors (Lipinski definition) is 1. The lowest BCUT2D eigenvalue weighted by atomic mass is 10.1. The largest absolute Gasteiger partial charge is 0.488 e. The molecule has 0 saturated carbocycles. The van der Waals surface area contributed by atoms with Gasteiger partial charge in [0.25, 0.3) is 0 Å². The van der Waals surface area contributed by atoms with E-state index in [9.17, 15) is 8.78 Å². The molecule has 0 aliphatic heterocycles. The summed E-state index contributed by atoms with van der Waals surface area (Å²) in [7, 11) is 0. The molecule has 3 nitrogen and oxygen atoms in total. The summed E-state index contributed by atoms with van der Waals surface area (Å²) >= 11 is 0. The predicted octanol–water partition coefficient (Wildman–Crippen LogP) is 3.52. The summed E-state index contributed by atoms with van der Waals surface area (Å²) in [5.74, 6) is -1.13. The Labute approximate surface area is 125 Å². The van der Waals surface area contributed by atoms with Crippen molar-refractivity contribution in [2.45, 2.75) is 33.7 Å². The second-order valence-electron chi connectivity index (χ2n) is 5.31. The van der Waals surface area contributed by atoms with Crippen molar-refractivity contribution < 1.29 is 18.3 Å². The maximum Gasteiger partial charge on any atom is 0.190 e. The van der Waals surface area contributed by atoms with Gasteiger partial charge in [-0.25, -0.2) is 8.78 Å². The highest BCUT2D eigenvalue weighted by Gasteiger charge is 2.12. The quantitative estimate of drug-likeness (QED) is 0.671. The molecule has 1 rings (SSSR count). The molecule has 0 radical (unpaired) electrons. The first kappa shape index (κ1) is 17.9. The van der Waals surface area contributed by atoms with Gasteiger partial charge in [-0.1, -0.05) is 13.8 Å². The van der Waals surface area contributed by atoms with Crippen molar-refractivity contribution in [3.8, 4) is 5.75 Å². The molecule has 0 aliphatic carbocycles. The van der Waals surface area contributed by atoms with Crippen molar-refractivity contribution in [3.63, 3.8) is 0 Å². The molecule has 21 heavy (non-hydrogen) atoms. The molecule has 0 fully saturated rings. The number of halogens is 2. The predicted molar refractivity (Wildman–Crippen MR) is 79.5 cm³/mol. The van der Waals surface area contributed by atoms with Gasteiger partial charge in [-0.05, 0) is 37.1 Å². The van der Waals surface area contributed by atoms with Gasteiger partial charge in [0.15, 0.2) is 17.4 Å². The van der Waals surface area contributed by atoms with Gasteiger partial charge >= 0.3 is 0 Å². The van der Waals surface area contributed by atoms with E-state index in [2.05, 4.69) is 19.2 Å². The molecule has 1 aromatic rings. The molecule has 0 aliphatic rings. The van der Waals surface area contributed by atoms with Crippen molar-refractivity contribution in [1.82, 2.24) is 5.32 Å². The maximum atomic E-state index is 13.8. The lowest BCUT2D eigenvalue weighted by molar-refractivity contribution is 0.129. The van der Waals surface area contributed by atoms with E-state index in [0.717, 1.165) is 6.54 Å². The van der Waals surface area contributed by atoms with Gasteiger partial charge in [-0.3, -0.25) is 0 Å². The van der Waals surface area contributed by atoms with E-state index in [4.69, 9.17) is 9.47 Å². The first-order valence-corrected chi connectivity index (χ1v) is 7.43. The third-order valence-electron chi connectivity index (χ3n) is 2.82. The Bertz CT molecular complexity index is 402. The topological polar surface area (TPSA) is 30.5 Å². The van der Waals surface area contributed by atoms with Gasteiger partial charge in [0.1, 0.15) is 0 Å². The fourth-order valence-corrected chi connectivity index (χ4v) is 1.84. The van der Waals surface area contributed by atoms with Crippen molar-refractivity contribution in [2.75, 3.05) is 26.4 Å². The van der Waals surface area contributed by atoms with Crippen LogP contribution in [0.2, 0.25) is 0 Å². The first-order chi connectivity index (χ1) is 10.0. The Hall–Kier alpha value is -1.20. The lowest BCUT2D eigenvalue weighted by Gasteiger charge is -2.11. The van der Waals surface area contributed by atoms with Crippen LogP contribution in [-0.2, 0) is 11.3 Å². The van der Waals surface area contributed by atoms with Crippen LogP contribution in [-0.4, -0.2) is 26.4 Å². The Kier molecular flexibility index (Phi) is 8.23. The summed E-state index contributed by atoms with van der Waals surface area (Å²) in [6.45, 7) is 8.68. The van der Waals surface area contributed by atoms with Gasteiger partial charge in [0, 0.05) is 26.2 Å². The second-order valence-corrected chi connectivity index (χ2v) is 5.31. The van der Waals surface area contributed by atoms with Crippen LogP contribution in [0.3, 0.4) is 0 Å². The van der Waals surface area contributed by atoms with Gasteiger partial charge < -0.3 is 14.8 Å². The average molecular weight is 301 g/mol. The van der Waals surface area contributed by atoms with E-state index in [0.29, 0.717) is 37.7 Å². The average Bonchev–Trinajstić information content (AvgIpc) is 2.40. The normalized spacial score (nSPS) is 11.1. The van der Waals surface area contributed by atoms with Gasteiger partial charge in [0.05, 0.1) is 6.61 Å². The van der Waals surface area contributed by atoms with Crippen LogP contribution >= 0.6 is 0 Å². The zero-order valence-electron chi connectivity index (χ0n) is 13.0. The van der Waals surface area contributed by atoms with E-state index in [1.54, 1.807) is 0 Å². The Morgan fingerprint density at radius 3 is 2.38 bits per heavy atom. The standard InChI is InChI=1S/C16H25F2NO2/c1-4-20-6-5-7-21-16-14(17)8-13(9-15(16)18)11-19-10-12(2)3/h8-9,12,19H,4-7,10-11H2,1-3H3. The summed E-state index contributed by atoms with van der Waals surface area (Å²) in [4.78, 5) is 0. The van der Waals surface area contributed by atoms with Crippen molar-refractivity contribution >= 4 is 0 Å². The third-order valence-corrected chi connectivity index (χ3v) is 2.82. The molecule has 0 unspecified atom stereocenters. The molecule has 0 heterocycles. The molecule has 0 saturated heterocycles. The Morgan fingerprint density at radius 1 is 1.14 bits per heavy atom. The molecule has 0 bridgehead atoms. The van der Waals surface area contributed by atoms with E-state index >= 15 is 0 Å². The lowest BCUT2D eigenvalue weighted by Crippen LogP contribution is -2.19. The van der Waals surface area contributed by atoms with Gasteiger partial charge in [-0.2, -0.15) is 0 Å².